The van der Waals surface area contributed by atoms with Crippen molar-refractivity contribution in [2.45, 2.75) is 30.2 Å². The Morgan fingerprint density at radius 1 is 1.35 bits per heavy atom. The van der Waals surface area contributed by atoms with Crippen LogP contribution in [0.3, 0.4) is 0 Å². The molecule has 1 aliphatic heterocycles. The predicted molar refractivity (Wildman–Crippen MR) is 72.2 cm³/mol. The normalized spacial score (nSPS) is 23.7. The fraction of sp³-hybridized carbons (Fsp3) is 0.462. The molecule has 0 amide bonds. The van der Waals surface area contributed by atoms with E-state index in [1.165, 1.54) is 26.2 Å². The van der Waals surface area contributed by atoms with Gasteiger partial charge in [-0.1, -0.05) is 0 Å². The van der Waals surface area contributed by atoms with E-state index in [9.17, 15) is 18.3 Å². The summed E-state index contributed by atoms with van der Waals surface area (Å²) in [4.78, 5) is 11.5. The van der Waals surface area contributed by atoms with Crippen LogP contribution in [0, 0.1) is 0 Å². The highest BCUT2D eigenvalue weighted by Gasteiger charge is 2.49. The van der Waals surface area contributed by atoms with Crippen LogP contribution in [-0.2, 0) is 14.8 Å². The average Bonchev–Trinajstić information content (AvgIpc) is 2.83. The molecule has 1 aromatic carbocycles. The van der Waals surface area contributed by atoms with Crippen molar-refractivity contribution in [3.05, 3.63) is 24.3 Å². The van der Waals surface area contributed by atoms with Gasteiger partial charge in [-0.15, -0.1) is 0 Å². The predicted octanol–water partition coefficient (Wildman–Crippen LogP) is 1.32. The van der Waals surface area contributed by atoms with Gasteiger partial charge in [0.15, 0.2) is 0 Å². The van der Waals surface area contributed by atoms with Crippen LogP contribution in [0.15, 0.2) is 29.2 Å². The van der Waals surface area contributed by atoms with E-state index in [1.54, 1.807) is 12.1 Å². The van der Waals surface area contributed by atoms with Gasteiger partial charge in [-0.3, -0.25) is 4.79 Å². The van der Waals surface area contributed by atoms with Crippen LogP contribution < -0.4 is 4.74 Å². The summed E-state index contributed by atoms with van der Waals surface area (Å²) in [5, 5.41) is 9.31. The Balaban J connectivity index is 2.41. The molecule has 0 spiro atoms. The molecule has 2 rings (SSSR count). The van der Waals surface area contributed by atoms with Crippen LogP contribution in [0.2, 0.25) is 0 Å². The molecule has 1 N–H and O–H groups in total. The summed E-state index contributed by atoms with van der Waals surface area (Å²) in [5.74, 6) is -0.571. The molecule has 6 nitrogen and oxygen atoms in total. The van der Waals surface area contributed by atoms with Crippen LogP contribution in [0.1, 0.15) is 19.8 Å². The van der Waals surface area contributed by atoms with E-state index in [0.717, 1.165) is 4.31 Å². The lowest BCUT2D eigenvalue weighted by Gasteiger charge is -2.30. The van der Waals surface area contributed by atoms with Crippen molar-refractivity contribution in [1.29, 1.82) is 0 Å². The number of hydrogen-bond donors (Lipinski definition) is 1. The number of aliphatic carboxylic acids is 1. The third kappa shape index (κ3) is 2.27. The minimum atomic E-state index is -3.82. The summed E-state index contributed by atoms with van der Waals surface area (Å²) in [6.07, 6.45) is 0.857. The smallest absolute Gasteiger partial charge is 0.324 e. The number of carboxylic acids is 1. The van der Waals surface area contributed by atoms with Crippen molar-refractivity contribution in [2.24, 2.45) is 0 Å². The molecule has 0 aliphatic carbocycles. The van der Waals surface area contributed by atoms with Crippen LogP contribution in [0.25, 0.3) is 0 Å². The van der Waals surface area contributed by atoms with E-state index in [0.29, 0.717) is 18.6 Å². The summed E-state index contributed by atoms with van der Waals surface area (Å²) in [6.45, 7) is 1.67. The van der Waals surface area contributed by atoms with Gasteiger partial charge in [0.25, 0.3) is 0 Å². The zero-order valence-corrected chi connectivity index (χ0v) is 12.2. The molecule has 1 saturated heterocycles. The van der Waals surface area contributed by atoms with Crippen LogP contribution >= 0.6 is 0 Å². The second-order valence-corrected chi connectivity index (χ2v) is 6.80. The highest BCUT2D eigenvalue weighted by molar-refractivity contribution is 7.89. The molecule has 110 valence electrons. The summed E-state index contributed by atoms with van der Waals surface area (Å²) in [6, 6.07) is 5.94. The van der Waals surface area contributed by atoms with Crippen LogP contribution in [-0.4, -0.2) is 43.0 Å². The van der Waals surface area contributed by atoms with Crippen molar-refractivity contribution in [3.63, 3.8) is 0 Å². The third-order valence-corrected chi connectivity index (χ3v) is 5.72. The lowest BCUT2D eigenvalue weighted by atomic mass is 10.0. The zero-order chi connectivity index (χ0) is 15.0. The number of carbonyl (C=O) groups is 1. The second kappa shape index (κ2) is 5.06. The van der Waals surface area contributed by atoms with Crippen molar-refractivity contribution in [3.8, 4) is 5.75 Å². The molecule has 1 aliphatic rings. The van der Waals surface area contributed by atoms with E-state index < -0.39 is 21.5 Å². The van der Waals surface area contributed by atoms with E-state index in [1.807, 2.05) is 0 Å². The summed E-state index contributed by atoms with van der Waals surface area (Å²) in [5.41, 5.74) is -1.38. The number of benzene rings is 1. The van der Waals surface area contributed by atoms with Gasteiger partial charge in [0.2, 0.25) is 10.0 Å². The first-order valence-electron chi connectivity index (χ1n) is 6.22. The molecule has 1 heterocycles. The molecule has 20 heavy (non-hydrogen) atoms. The van der Waals surface area contributed by atoms with E-state index in [2.05, 4.69) is 0 Å². The maximum absolute atomic E-state index is 12.6. The molecule has 0 radical (unpaired) electrons. The van der Waals surface area contributed by atoms with E-state index in [4.69, 9.17) is 4.74 Å². The first-order chi connectivity index (χ1) is 9.32. The number of ether oxygens (including phenoxy) is 1. The Kier molecular flexibility index (Phi) is 3.75. The van der Waals surface area contributed by atoms with Crippen molar-refractivity contribution >= 4 is 16.0 Å². The summed E-state index contributed by atoms with van der Waals surface area (Å²) in [7, 11) is -2.33. The van der Waals surface area contributed by atoms with Gasteiger partial charge in [-0.25, -0.2) is 8.42 Å². The first kappa shape index (κ1) is 14.8. The Labute approximate surface area is 118 Å². The van der Waals surface area contributed by atoms with Crippen molar-refractivity contribution in [1.82, 2.24) is 4.31 Å². The number of nitrogens with zero attached hydrogens (tertiary/aromatic N) is 1. The molecular weight excluding hydrogens is 282 g/mol. The van der Waals surface area contributed by atoms with Gasteiger partial charge in [-0.2, -0.15) is 4.31 Å². The van der Waals surface area contributed by atoms with Gasteiger partial charge >= 0.3 is 5.97 Å². The monoisotopic (exact) mass is 299 g/mol. The first-order valence-corrected chi connectivity index (χ1v) is 7.66. The van der Waals surface area contributed by atoms with Crippen molar-refractivity contribution < 1.29 is 23.1 Å². The SMILES string of the molecule is COc1ccc(S(=O)(=O)N2CCCC2(C)C(=O)O)cc1. The fourth-order valence-corrected chi connectivity index (χ4v) is 4.22. The summed E-state index contributed by atoms with van der Waals surface area (Å²) >= 11 is 0. The fourth-order valence-electron chi connectivity index (χ4n) is 2.41. The standard InChI is InChI=1S/C13H17NO5S/c1-13(12(15)16)8-3-9-14(13)20(17,18)11-6-4-10(19-2)5-7-11/h4-7H,3,8-9H2,1-2H3,(H,15,16). The molecular formula is C13H17NO5S. The quantitative estimate of drug-likeness (QED) is 0.906. The number of hydrogen-bond acceptors (Lipinski definition) is 4. The van der Waals surface area contributed by atoms with Gasteiger partial charge in [0, 0.05) is 6.54 Å². The van der Waals surface area contributed by atoms with Crippen molar-refractivity contribution in [2.75, 3.05) is 13.7 Å². The molecule has 7 heteroatoms. The third-order valence-electron chi connectivity index (χ3n) is 3.68. The number of methoxy groups -OCH3 is 1. The molecule has 1 unspecified atom stereocenters. The Morgan fingerprint density at radius 2 is 1.95 bits per heavy atom. The second-order valence-electron chi connectivity index (χ2n) is 4.94. The maximum Gasteiger partial charge on any atom is 0.324 e. The Hall–Kier alpha value is -1.60. The molecule has 1 fully saturated rings. The van der Waals surface area contributed by atoms with Gasteiger partial charge < -0.3 is 9.84 Å². The van der Waals surface area contributed by atoms with Crippen LogP contribution in [0.5, 0.6) is 5.75 Å². The maximum atomic E-state index is 12.6. The topological polar surface area (TPSA) is 83.9 Å². The molecule has 1 atom stereocenters. The van der Waals surface area contributed by atoms with E-state index >= 15 is 0 Å². The minimum Gasteiger partial charge on any atom is -0.497 e. The highest BCUT2D eigenvalue weighted by Crippen LogP contribution is 2.34. The Morgan fingerprint density at radius 3 is 2.45 bits per heavy atom. The van der Waals surface area contributed by atoms with E-state index in [-0.39, 0.29) is 11.4 Å². The molecule has 0 saturated carbocycles. The van der Waals surface area contributed by atoms with Crippen LogP contribution in [0.4, 0.5) is 0 Å². The zero-order valence-electron chi connectivity index (χ0n) is 11.4. The summed E-state index contributed by atoms with van der Waals surface area (Å²) < 4.78 is 31.2. The number of carboxylic acid groups (broad SMARTS) is 1. The Bertz CT molecular complexity index is 610. The lowest BCUT2D eigenvalue weighted by Crippen LogP contribution is -2.50. The molecule has 1 aromatic rings. The largest absolute Gasteiger partial charge is 0.497 e. The lowest BCUT2D eigenvalue weighted by molar-refractivity contribution is -0.146. The van der Waals surface area contributed by atoms with Gasteiger partial charge in [-0.05, 0) is 44.0 Å². The molecule has 0 bridgehead atoms. The van der Waals surface area contributed by atoms with Gasteiger partial charge in [0.05, 0.1) is 12.0 Å². The van der Waals surface area contributed by atoms with Gasteiger partial charge in [0.1, 0.15) is 11.3 Å². The minimum absolute atomic E-state index is 0.0766. The number of sulfonamides is 1. The number of rotatable bonds is 4. The molecule has 0 aromatic heterocycles. The average molecular weight is 299 g/mol. The highest BCUT2D eigenvalue weighted by atomic mass is 32.2.